The second-order valence-corrected chi connectivity index (χ2v) is 5.52. The number of anilines is 2. The fourth-order valence-corrected chi connectivity index (χ4v) is 2.08. The monoisotopic (exact) mass is 332 g/mol. The topological polar surface area (TPSA) is 58.6 Å². The lowest BCUT2D eigenvalue weighted by Gasteiger charge is -2.13. The molecule has 0 aliphatic carbocycles. The Hall–Kier alpha value is -2.53. The van der Waals surface area contributed by atoms with Crippen molar-refractivity contribution in [2.75, 3.05) is 30.9 Å². The molecule has 0 unspecified atom stereocenters. The first-order chi connectivity index (χ1) is 11.0. The number of hydrogen-bond donors (Lipinski definition) is 1. The SMILES string of the molecule is CN(C)c1cccc(C(=O)OCC(=O)Nc2cccc(Cl)c2)c1. The molecule has 0 saturated carbocycles. The number of nitrogens with zero attached hydrogens (tertiary/aromatic N) is 1. The minimum Gasteiger partial charge on any atom is -0.452 e. The van der Waals surface area contributed by atoms with Gasteiger partial charge in [-0.3, -0.25) is 4.79 Å². The Morgan fingerprint density at radius 2 is 1.87 bits per heavy atom. The summed E-state index contributed by atoms with van der Waals surface area (Å²) >= 11 is 5.84. The van der Waals surface area contributed by atoms with E-state index >= 15 is 0 Å². The normalized spacial score (nSPS) is 10.0. The number of hydrogen-bond acceptors (Lipinski definition) is 4. The first-order valence-corrected chi connectivity index (χ1v) is 7.33. The molecular weight excluding hydrogens is 316 g/mol. The van der Waals surface area contributed by atoms with Crippen molar-refractivity contribution in [3.8, 4) is 0 Å². The number of benzene rings is 2. The summed E-state index contributed by atoms with van der Waals surface area (Å²) in [6.07, 6.45) is 0. The molecular formula is C17H17ClN2O3. The van der Waals surface area contributed by atoms with Gasteiger partial charge in [-0.15, -0.1) is 0 Å². The van der Waals surface area contributed by atoms with Crippen LogP contribution in [0.5, 0.6) is 0 Å². The summed E-state index contributed by atoms with van der Waals surface area (Å²) in [4.78, 5) is 25.7. The summed E-state index contributed by atoms with van der Waals surface area (Å²) in [7, 11) is 3.76. The standard InChI is InChI=1S/C17H17ClN2O3/c1-20(2)15-8-3-5-12(9-15)17(22)23-11-16(21)19-14-7-4-6-13(18)10-14/h3-10H,11H2,1-2H3,(H,19,21). The van der Waals surface area contributed by atoms with E-state index in [0.717, 1.165) is 5.69 Å². The molecule has 0 aliphatic heterocycles. The highest BCUT2D eigenvalue weighted by Crippen LogP contribution is 2.15. The first kappa shape index (κ1) is 16.8. The van der Waals surface area contributed by atoms with E-state index in [4.69, 9.17) is 16.3 Å². The largest absolute Gasteiger partial charge is 0.452 e. The molecule has 2 aromatic carbocycles. The van der Waals surface area contributed by atoms with E-state index in [2.05, 4.69) is 5.32 Å². The number of halogens is 1. The maximum absolute atomic E-state index is 12.0. The van der Waals surface area contributed by atoms with Crippen LogP contribution in [0.2, 0.25) is 5.02 Å². The third-order valence-electron chi connectivity index (χ3n) is 3.04. The van der Waals surface area contributed by atoms with Gasteiger partial charge in [0.05, 0.1) is 5.56 Å². The van der Waals surface area contributed by atoms with E-state index in [0.29, 0.717) is 16.3 Å². The van der Waals surface area contributed by atoms with E-state index in [1.54, 1.807) is 42.5 Å². The Balaban J connectivity index is 1.91. The van der Waals surface area contributed by atoms with Crippen molar-refractivity contribution < 1.29 is 14.3 Å². The van der Waals surface area contributed by atoms with Gasteiger partial charge in [0.1, 0.15) is 0 Å². The van der Waals surface area contributed by atoms with Gasteiger partial charge in [0.2, 0.25) is 0 Å². The van der Waals surface area contributed by atoms with Gasteiger partial charge in [0.25, 0.3) is 5.91 Å². The molecule has 120 valence electrons. The molecule has 0 atom stereocenters. The zero-order chi connectivity index (χ0) is 16.8. The number of carbonyl (C=O) groups excluding carboxylic acids is 2. The first-order valence-electron chi connectivity index (χ1n) is 6.95. The predicted molar refractivity (Wildman–Crippen MR) is 91.1 cm³/mol. The third kappa shape index (κ3) is 5.00. The molecule has 6 heteroatoms. The van der Waals surface area contributed by atoms with Gasteiger partial charge in [-0.05, 0) is 36.4 Å². The van der Waals surface area contributed by atoms with Crippen molar-refractivity contribution in [2.24, 2.45) is 0 Å². The van der Waals surface area contributed by atoms with Crippen LogP contribution in [0.1, 0.15) is 10.4 Å². The molecule has 2 rings (SSSR count). The summed E-state index contributed by atoms with van der Waals surface area (Å²) in [5, 5.41) is 3.12. The fourth-order valence-electron chi connectivity index (χ4n) is 1.89. The Kier molecular flexibility index (Phi) is 5.60. The number of ether oxygens (including phenoxy) is 1. The lowest BCUT2D eigenvalue weighted by Crippen LogP contribution is -2.21. The average Bonchev–Trinajstić information content (AvgIpc) is 2.52. The molecule has 0 fully saturated rings. The van der Waals surface area contributed by atoms with Crippen LogP contribution >= 0.6 is 11.6 Å². The zero-order valence-electron chi connectivity index (χ0n) is 12.9. The van der Waals surface area contributed by atoms with Crippen LogP contribution in [-0.2, 0) is 9.53 Å². The Labute approximate surface area is 139 Å². The van der Waals surface area contributed by atoms with Gasteiger partial charge in [0, 0.05) is 30.5 Å². The molecule has 0 heterocycles. The van der Waals surface area contributed by atoms with E-state index in [1.165, 1.54) is 0 Å². The van der Waals surface area contributed by atoms with Crippen molar-refractivity contribution in [1.82, 2.24) is 0 Å². The molecule has 2 aromatic rings. The predicted octanol–water partition coefficient (Wildman–Crippen LogP) is 3.20. The highest BCUT2D eigenvalue weighted by atomic mass is 35.5. The highest BCUT2D eigenvalue weighted by molar-refractivity contribution is 6.30. The van der Waals surface area contributed by atoms with Gasteiger partial charge in [-0.25, -0.2) is 4.79 Å². The Bertz CT molecular complexity index is 716. The lowest BCUT2D eigenvalue weighted by molar-refractivity contribution is -0.119. The molecule has 1 amide bonds. The van der Waals surface area contributed by atoms with E-state index < -0.39 is 11.9 Å². The molecule has 0 bridgehead atoms. The van der Waals surface area contributed by atoms with Crippen LogP contribution in [0.3, 0.4) is 0 Å². The lowest BCUT2D eigenvalue weighted by atomic mass is 10.2. The minimum absolute atomic E-state index is 0.364. The van der Waals surface area contributed by atoms with Crippen LogP contribution in [0.15, 0.2) is 48.5 Å². The van der Waals surface area contributed by atoms with Crippen molar-refractivity contribution in [3.63, 3.8) is 0 Å². The molecule has 5 nitrogen and oxygen atoms in total. The maximum Gasteiger partial charge on any atom is 0.338 e. The quantitative estimate of drug-likeness (QED) is 0.854. The zero-order valence-corrected chi connectivity index (χ0v) is 13.6. The second-order valence-electron chi connectivity index (χ2n) is 5.08. The van der Waals surface area contributed by atoms with Crippen molar-refractivity contribution in [1.29, 1.82) is 0 Å². The van der Waals surface area contributed by atoms with Gasteiger partial charge >= 0.3 is 5.97 Å². The van der Waals surface area contributed by atoms with Gasteiger partial charge in [-0.1, -0.05) is 23.7 Å². The van der Waals surface area contributed by atoms with Crippen molar-refractivity contribution in [2.45, 2.75) is 0 Å². The van der Waals surface area contributed by atoms with Crippen LogP contribution < -0.4 is 10.2 Å². The molecule has 1 N–H and O–H groups in total. The van der Waals surface area contributed by atoms with Crippen LogP contribution in [-0.4, -0.2) is 32.6 Å². The summed E-state index contributed by atoms with van der Waals surface area (Å²) in [5.74, 6) is -0.973. The number of carbonyl (C=O) groups is 2. The van der Waals surface area contributed by atoms with E-state index in [1.807, 2.05) is 25.1 Å². The van der Waals surface area contributed by atoms with Gasteiger partial charge in [0.15, 0.2) is 6.61 Å². The number of amides is 1. The van der Waals surface area contributed by atoms with Gasteiger partial charge < -0.3 is 15.0 Å². The Morgan fingerprint density at radius 1 is 1.13 bits per heavy atom. The van der Waals surface area contributed by atoms with E-state index in [-0.39, 0.29) is 6.61 Å². The fraction of sp³-hybridized carbons (Fsp3) is 0.176. The van der Waals surface area contributed by atoms with Crippen LogP contribution in [0.4, 0.5) is 11.4 Å². The summed E-state index contributed by atoms with van der Waals surface area (Å²) in [6, 6.07) is 13.7. The maximum atomic E-state index is 12.0. The summed E-state index contributed by atoms with van der Waals surface area (Å²) in [5.41, 5.74) is 1.82. The third-order valence-corrected chi connectivity index (χ3v) is 3.28. The van der Waals surface area contributed by atoms with Crippen molar-refractivity contribution in [3.05, 3.63) is 59.1 Å². The molecule has 23 heavy (non-hydrogen) atoms. The number of esters is 1. The van der Waals surface area contributed by atoms with Gasteiger partial charge in [-0.2, -0.15) is 0 Å². The molecule has 0 aliphatic rings. The van der Waals surface area contributed by atoms with Crippen molar-refractivity contribution >= 4 is 34.9 Å². The number of rotatable bonds is 5. The summed E-state index contributed by atoms with van der Waals surface area (Å²) < 4.78 is 5.02. The Morgan fingerprint density at radius 3 is 2.57 bits per heavy atom. The smallest absolute Gasteiger partial charge is 0.338 e. The summed E-state index contributed by atoms with van der Waals surface area (Å²) in [6.45, 7) is -0.364. The minimum atomic E-state index is -0.546. The molecule has 0 radical (unpaired) electrons. The second kappa shape index (κ2) is 7.65. The molecule has 0 saturated heterocycles. The molecule has 0 aromatic heterocycles. The van der Waals surface area contributed by atoms with Crippen LogP contribution in [0.25, 0.3) is 0 Å². The van der Waals surface area contributed by atoms with Crippen LogP contribution in [0, 0.1) is 0 Å². The number of nitrogens with one attached hydrogen (secondary N) is 1. The highest BCUT2D eigenvalue weighted by Gasteiger charge is 2.11. The van der Waals surface area contributed by atoms with E-state index in [9.17, 15) is 9.59 Å². The average molecular weight is 333 g/mol. The molecule has 0 spiro atoms.